The molecule has 0 bridgehead atoms. The fourth-order valence-corrected chi connectivity index (χ4v) is 3.95. The number of benzene rings is 2. The number of nitrogens with zero attached hydrogens (tertiary/aromatic N) is 3. The van der Waals surface area contributed by atoms with Gasteiger partial charge in [0.15, 0.2) is 0 Å². The molecule has 1 atom stereocenters. The van der Waals surface area contributed by atoms with Crippen molar-refractivity contribution in [1.82, 2.24) is 20.4 Å². The van der Waals surface area contributed by atoms with Gasteiger partial charge in [-0.05, 0) is 43.2 Å². The van der Waals surface area contributed by atoms with Crippen molar-refractivity contribution in [2.24, 2.45) is 0 Å². The molecule has 2 amide bonds. The molecule has 1 aromatic heterocycles. The molecule has 2 heterocycles. The van der Waals surface area contributed by atoms with Crippen molar-refractivity contribution in [3.8, 4) is 22.9 Å². The van der Waals surface area contributed by atoms with Crippen molar-refractivity contribution in [3.05, 3.63) is 65.7 Å². The van der Waals surface area contributed by atoms with E-state index in [1.54, 1.807) is 26.2 Å². The molecule has 9 heteroatoms. The maximum absolute atomic E-state index is 13.0. The fraction of sp³-hybridized carbons (Fsp3) is 0.320. The Morgan fingerprint density at radius 3 is 2.53 bits per heavy atom. The number of methoxy groups -OCH3 is 3. The summed E-state index contributed by atoms with van der Waals surface area (Å²) in [5.41, 5.74) is 3.14. The molecule has 3 aromatic rings. The van der Waals surface area contributed by atoms with Crippen LogP contribution in [0.25, 0.3) is 17.0 Å². The van der Waals surface area contributed by atoms with Gasteiger partial charge in [0.05, 0.1) is 25.8 Å². The first-order valence-corrected chi connectivity index (χ1v) is 11.0. The van der Waals surface area contributed by atoms with Crippen LogP contribution in [-0.2, 0) is 4.74 Å². The van der Waals surface area contributed by atoms with Gasteiger partial charge in [0.25, 0.3) is 5.89 Å². The van der Waals surface area contributed by atoms with Gasteiger partial charge in [-0.15, -0.1) is 0 Å². The molecule has 0 fully saturated rings. The van der Waals surface area contributed by atoms with Gasteiger partial charge in [0, 0.05) is 31.5 Å². The third kappa shape index (κ3) is 4.74. The molecule has 0 aliphatic carbocycles. The third-order valence-corrected chi connectivity index (χ3v) is 5.76. The molecule has 1 aliphatic rings. The van der Waals surface area contributed by atoms with Crippen molar-refractivity contribution in [2.45, 2.75) is 19.4 Å². The predicted molar refractivity (Wildman–Crippen MR) is 126 cm³/mol. The average Bonchev–Trinajstić information content (AvgIpc) is 3.35. The number of rotatable bonds is 9. The van der Waals surface area contributed by atoms with Gasteiger partial charge in [0.1, 0.15) is 11.5 Å². The highest BCUT2D eigenvalue weighted by molar-refractivity contribution is 5.86. The van der Waals surface area contributed by atoms with Gasteiger partial charge in [-0.2, -0.15) is 4.98 Å². The number of allylic oxidation sites excluding steroid dienone is 1. The molecule has 0 saturated heterocycles. The first kappa shape index (κ1) is 23.3. The SMILES string of the molecule is COCCCN1C(=O)NC(c2ccc(OC)cc2)C(c2nc(-c3cccc(OC)c3)no2)=C1C. The lowest BCUT2D eigenvalue weighted by atomic mass is 9.94. The lowest BCUT2D eigenvalue weighted by Gasteiger charge is -2.35. The van der Waals surface area contributed by atoms with E-state index in [4.69, 9.17) is 18.7 Å². The van der Waals surface area contributed by atoms with Crippen LogP contribution < -0.4 is 14.8 Å². The van der Waals surface area contributed by atoms with E-state index in [9.17, 15) is 4.79 Å². The maximum atomic E-state index is 13.0. The topological polar surface area (TPSA) is 99.0 Å². The Morgan fingerprint density at radius 2 is 1.82 bits per heavy atom. The number of hydrogen-bond acceptors (Lipinski definition) is 7. The Hall–Kier alpha value is -3.85. The predicted octanol–water partition coefficient (Wildman–Crippen LogP) is 4.29. The lowest BCUT2D eigenvalue weighted by molar-refractivity contribution is 0.174. The summed E-state index contributed by atoms with van der Waals surface area (Å²) in [6.07, 6.45) is 0.695. The van der Waals surface area contributed by atoms with Crippen molar-refractivity contribution in [3.63, 3.8) is 0 Å². The number of carbonyl (C=O) groups is 1. The molecule has 34 heavy (non-hydrogen) atoms. The molecule has 1 unspecified atom stereocenters. The first-order chi connectivity index (χ1) is 16.5. The Morgan fingerprint density at radius 1 is 1.06 bits per heavy atom. The van der Waals surface area contributed by atoms with E-state index in [0.717, 1.165) is 28.1 Å². The molecule has 9 nitrogen and oxygen atoms in total. The molecular weight excluding hydrogens is 436 g/mol. The summed E-state index contributed by atoms with van der Waals surface area (Å²) in [6, 6.07) is 14.3. The molecule has 4 rings (SSSR count). The number of urea groups is 1. The highest BCUT2D eigenvalue weighted by Gasteiger charge is 2.35. The highest BCUT2D eigenvalue weighted by Crippen LogP contribution is 2.38. The second kappa shape index (κ2) is 10.4. The smallest absolute Gasteiger partial charge is 0.322 e. The first-order valence-electron chi connectivity index (χ1n) is 11.0. The minimum atomic E-state index is -0.462. The van der Waals surface area contributed by atoms with E-state index >= 15 is 0 Å². The Bertz CT molecular complexity index is 1170. The molecule has 178 valence electrons. The van der Waals surface area contributed by atoms with Crippen LogP contribution in [0.5, 0.6) is 11.5 Å². The van der Waals surface area contributed by atoms with Crippen LogP contribution in [0.2, 0.25) is 0 Å². The summed E-state index contributed by atoms with van der Waals surface area (Å²) in [4.78, 5) is 19.4. The number of ether oxygens (including phenoxy) is 3. The van der Waals surface area contributed by atoms with E-state index < -0.39 is 6.04 Å². The van der Waals surface area contributed by atoms with Crippen LogP contribution in [0.4, 0.5) is 4.79 Å². The zero-order valence-corrected chi connectivity index (χ0v) is 19.7. The largest absolute Gasteiger partial charge is 0.497 e. The number of aromatic nitrogens is 2. The summed E-state index contributed by atoms with van der Waals surface area (Å²) < 4.78 is 21.5. The van der Waals surface area contributed by atoms with Crippen LogP contribution in [0.3, 0.4) is 0 Å². The second-order valence-electron chi connectivity index (χ2n) is 7.81. The monoisotopic (exact) mass is 464 g/mol. The molecule has 0 spiro atoms. The van der Waals surface area contributed by atoms with Crippen LogP contribution in [0.15, 0.2) is 58.8 Å². The minimum absolute atomic E-state index is 0.189. The molecule has 0 radical (unpaired) electrons. The zero-order chi connectivity index (χ0) is 24.1. The van der Waals surface area contributed by atoms with Crippen molar-refractivity contribution < 1.29 is 23.5 Å². The van der Waals surface area contributed by atoms with Crippen LogP contribution >= 0.6 is 0 Å². The molecule has 1 aliphatic heterocycles. The van der Waals surface area contributed by atoms with Crippen LogP contribution in [0.1, 0.15) is 30.8 Å². The molecule has 0 saturated carbocycles. The average molecular weight is 465 g/mol. The molecular formula is C25H28N4O5. The van der Waals surface area contributed by atoms with E-state index in [1.807, 2.05) is 55.5 Å². The van der Waals surface area contributed by atoms with Crippen molar-refractivity contribution >= 4 is 11.6 Å². The van der Waals surface area contributed by atoms with Crippen LogP contribution in [-0.4, -0.2) is 55.6 Å². The maximum Gasteiger partial charge on any atom is 0.322 e. The minimum Gasteiger partial charge on any atom is -0.497 e. The summed E-state index contributed by atoms with van der Waals surface area (Å²) in [5.74, 6) is 2.20. The quantitative estimate of drug-likeness (QED) is 0.472. The van der Waals surface area contributed by atoms with Gasteiger partial charge >= 0.3 is 6.03 Å². The summed E-state index contributed by atoms with van der Waals surface area (Å²) in [7, 11) is 4.86. The number of amides is 2. The Labute approximate surface area is 198 Å². The third-order valence-electron chi connectivity index (χ3n) is 5.76. The fourth-order valence-electron chi connectivity index (χ4n) is 3.95. The van der Waals surface area contributed by atoms with Crippen LogP contribution in [0, 0.1) is 0 Å². The van der Waals surface area contributed by atoms with Crippen molar-refractivity contribution in [1.29, 1.82) is 0 Å². The normalized spacial score (nSPS) is 15.9. The van der Waals surface area contributed by atoms with Gasteiger partial charge in [-0.3, -0.25) is 4.90 Å². The Balaban J connectivity index is 1.76. The zero-order valence-electron chi connectivity index (χ0n) is 19.7. The van der Waals surface area contributed by atoms with E-state index in [2.05, 4.69) is 15.5 Å². The van der Waals surface area contributed by atoms with Gasteiger partial charge in [-0.25, -0.2) is 4.79 Å². The number of carbonyl (C=O) groups excluding carboxylic acids is 1. The highest BCUT2D eigenvalue weighted by atomic mass is 16.5. The lowest BCUT2D eigenvalue weighted by Crippen LogP contribution is -2.46. The second-order valence-corrected chi connectivity index (χ2v) is 7.81. The van der Waals surface area contributed by atoms with E-state index in [-0.39, 0.29) is 6.03 Å². The standard InChI is InChI=1S/C25H28N4O5/c1-16-21(24-27-23(28-34-24)18-7-5-8-20(15-18)33-4)22(17-9-11-19(32-3)12-10-17)26-25(30)29(16)13-6-14-31-2/h5,7-12,15,22H,6,13-14H2,1-4H3,(H,26,30). The summed E-state index contributed by atoms with van der Waals surface area (Å²) in [6.45, 7) is 2.95. The summed E-state index contributed by atoms with van der Waals surface area (Å²) in [5, 5.41) is 7.29. The van der Waals surface area contributed by atoms with E-state index in [0.29, 0.717) is 37.0 Å². The van der Waals surface area contributed by atoms with Crippen molar-refractivity contribution in [2.75, 3.05) is 34.5 Å². The molecule has 2 aromatic carbocycles. The van der Waals surface area contributed by atoms with Gasteiger partial charge < -0.3 is 24.1 Å². The Kier molecular flexibility index (Phi) is 7.12. The van der Waals surface area contributed by atoms with Gasteiger partial charge in [0.2, 0.25) is 5.82 Å². The van der Waals surface area contributed by atoms with E-state index in [1.165, 1.54) is 0 Å². The molecule has 1 N–H and O–H groups in total. The number of hydrogen-bond donors (Lipinski definition) is 1. The van der Waals surface area contributed by atoms with Gasteiger partial charge in [-0.1, -0.05) is 29.4 Å². The number of nitrogens with one attached hydrogen (secondary N) is 1. The summed E-state index contributed by atoms with van der Waals surface area (Å²) >= 11 is 0.